The van der Waals surface area contributed by atoms with Crippen molar-refractivity contribution in [2.24, 2.45) is 0 Å². The van der Waals surface area contributed by atoms with Crippen LogP contribution in [0.1, 0.15) is 32.3 Å². The molecule has 0 aliphatic rings. The maximum absolute atomic E-state index is 13.9. The molecule has 3 aromatic rings. The minimum atomic E-state index is -4.24. The first-order valence-electron chi connectivity index (χ1n) is 12.4. The van der Waals surface area contributed by atoms with Gasteiger partial charge in [-0.05, 0) is 73.0 Å². The van der Waals surface area contributed by atoms with Crippen molar-refractivity contribution in [2.45, 2.75) is 44.2 Å². The Bertz CT molecular complexity index is 1390. The van der Waals surface area contributed by atoms with E-state index in [4.69, 9.17) is 23.2 Å². The lowest BCUT2D eigenvalue weighted by Crippen LogP contribution is -2.52. The summed E-state index contributed by atoms with van der Waals surface area (Å²) in [5, 5.41) is 3.45. The SMILES string of the molecule is CCCNC(=O)[C@H](CC)N(Cc1ccc(F)cc1)C(=O)CN(c1cccc(Cl)c1)S(=O)(=O)c1ccc(Cl)cc1. The van der Waals surface area contributed by atoms with Crippen molar-refractivity contribution >= 4 is 50.7 Å². The summed E-state index contributed by atoms with van der Waals surface area (Å²) in [6, 6.07) is 16.4. The Morgan fingerprint density at radius 3 is 2.21 bits per heavy atom. The number of halogens is 3. The van der Waals surface area contributed by atoms with Gasteiger partial charge in [-0.15, -0.1) is 0 Å². The lowest BCUT2D eigenvalue weighted by molar-refractivity contribution is -0.140. The molecule has 0 unspecified atom stereocenters. The van der Waals surface area contributed by atoms with Crippen molar-refractivity contribution in [3.8, 4) is 0 Å². The second-order valence-electron chi connectivity index (χ2n) is 8.81. The van der Waals surface area contributed by atoms with Crippen LogP contribution in [0.3, 0.4) is 0 Å². The zero-order chi connectivity index (χ0) is 28.6. The number of rotatable bonds is 12. The van der Waals surface area contributed by atoms with Gasteiger partial charge < -0.3 is 10.2 Å². The summed E-state index contributed by atoms with van der Waals surface area (Å²) in [6.07, 6.45) is 0.986. The molecule has 0 heterocycles. The van der Waals surface area contributed by atoms with E-state index in [1.54, 1.807) is 19.1 Å². The minimum Gasteiger partial charge on any atom is -0.354 e. The molecule has 1 atom stereocenters. The van der Waals surface area contributed by atoms with Gasteiger partial charge in [0.1, 0.15) is 18.4 Å². The normalized spacial score (nSPS) is 12.0. The molecule has 2 amide bonds. The number of benzene rings is 3. The zero-order valence-corrected chi connectivity index (χ0v) is 23.9. The number of nitrogens with one attached hydrogen (secondary N) is 1. The summed E-state index contributed by atoms with van der Waals surface area (Å²) < 4.78 is 42.0. The molecular formula is C28H30Cl2FN3O4S. The van der Waals surface area contributed by atoms with E-state index < -0.39 is 34.3 Å². The highest BCUT2D eigenvalue weighted by atomic mass is 35.5. The van der Waals surface area contributed by atoms with Crippen molar-refractivity contribution in [3.05, 3.63) is 94.2 Å². The summed E-state index contributed by atoms with van der Waals surface area (Å²) in [5.74, 6) is -1.41. The third kappa shape index (κ3) is 7.94. The average Bonchev–Trinajstić information content (AvgIpc) is 2.91. The third-order valence-electron chi connectivity index (χ3n) is 5.98. The maximum Gasteiger partial charge on any atom is 0.264 e. The monoisotopic (exact) mass is 593 g/mol. The predicted molar refractivity (Wildman–Crippen MR) is 152 cm³/mol. The Morgan fingerprint density at radius 1 is 0.949 bits per heavy atom. The van der Waals surface area contributed by atoms with Gasteiger partial charge in [0.15, 0.2) is 0 Å². The van der Waals surface area contributed by atoms with Crippen LogP contribution in [0.2, 0.25) is 10.0 Å². The smallest absolute Gasteiger partial charge is 0.264 e. The first-order chi connectivity index (χ1) is 18.6. The van der Waals surface area contributed by atoms with E-state index in [1.807, 2.05) is 6.92 Å². The summed E-state index contributed by atoms with van der Waals surface area (Å²) >= 11 is 12.1. The first kappa shape index (κ1) is 30.4. The van der Waals surface area contributed by atoms with E-state index >= 15 is 0 Å². The van der Waals surface area contributed by atoms with Crippen molar-refractivity contribution < 1.29 is 22.4 Å². The molecule has 0 spiro atoms. The summed E-state index contributed by atoms with van der Waals surface area (Å²) in [6.45, 7) is 3.46. The molecule has 0 aromatic heterocycles. The maximum atomic E-state index is 13.9. The van der Waals surface area contributed by atoms with E-state index in [2.05, 4.69) is 5.32 Å². The van der Waals surface area contributed by atoms with Gasteiger partial charge in [-0.2, -0.15) is 0 Å². The Hall–Kier alpha value is -3.14. The predicted octanol–water partition coefficient (Wildman–Crippen LogP) is 5.66. The van der Waals surface area contributed by atoms with Crippen LogP contribution >= 0.6 is 23.2 Å². The van der Waals surface area contributed by atoms with Crippen molar-refractivity contribution in [1.82, 2.24) is 10.2 Å². The summed E-state index contributed by atoms with van der Waals surface area (Å²) in [7, 11) is -4.24. The first-order valence-corrected chi connectivity index (χ1v) is 14.6. The molecule has 11 heteroatoms. The van der Waals surface area contributed by atoms with Crippen LogP contribution < -0.4 is 9.62 Å². The van der Waals surface area contributed by atoms with Gasteiger partial charge in [0.05, 0.1) is 10.6 Å². The number of nitrogens with zero attached hydrogens (tertiary/aromatic N) is 2. The summed E-state index contributed by atoms with van der Waals surface area (Å²) in [5.41, 5.74) is 0.761. The van der Waals surface area contributed by atoms with Crippen LogP contribution in [0.15, 0.2) is 77.7 Å². The second-order valence-corrected chi connectivity index (χ2v) is 11.5. The zero-order valence-electron chi connectivity index (χ0n) is 21.6. The van der Waals surface area contributed by atoms with Gasteiger partial charge in [0.25, 0.3) is 10.0 Å². The van der Waals surface area contributed by atoms with Crippen molar-refractivity contribution in [2.75, 3.05) is 17.4 Å². The number of carbonyl (C=O) groups is 2. The van der Waals surface area contributed by atoms with Crippen molar-refractivity contribution in [3.63, 3.8) is 0 Å². The van der Waals surface area contributed by atoms with E-state index in [9.17, 15) is 22.4 Å². The molecule has 0 saturated carbocycles. The van der Waals surface area contributed by atoms with Gasteiger partial charge in [-0.25, -0.2) is 12.8 Å². The Morgan fingerprint density at radius 2 is 1.62 bits per heavy atom. The molecule has 0 fully saturated rings. The highest BCUT2D eigenvalue weighted by Crippen LogP contribution is 2.27. The molecule has 3 aromatic carbocycles. The standard InChI is InChI=1S/C28H30Cl2FN3O4S/c1-3-16-32-28(36)26(4-2)33(18-20-8-12-23(31)13-9-20)27(35)19-34(24-7-5-6-22(30)17-24)39(37,38)25-14-10-21(29)11-15-25/h5-15,17,26H,3-4,16,18-19H2,1-2H3,(H,32,36)/t26-/m0/s1. The Balaban J connectivity index is 2.04. The molecular weight excluding hydrogens is 564 g/mol. The molecule has 208 valence electrons. The number of sulfonamides is 1. The fraction of sp³-hybridized carbons (Fsp3) is 0.286. The molecule has 39 heavy (non-hydrogen) atoms. The molecule has 0 radical (unpaired) electrons. The van der Waals surface area contributed by atoms with Crippen LogP contribution in [0.5, 0.6) is 0 Å². The van der Waals surface area contributed by atoms with Gasteiger partial charge in [0.2, 0.25) is 11.8 Å². The van der Waals surface area contributed by atoms with Crippen LogP contribution in [0, 0.1) is 5.82 Å². The lowest BCUT2D eigenvalue weighted by Gasteiger charge is -2.33. The van der Waals surface area contributed by atoms with Crippen molar-refractivity contribution in [1.29, 1.82) is 0 Å². The number of hydrogen-bond donors (Lipinski definition) is 1. The lowest BCUT2D eigenvalue weighted by atomic mass is 10.1. The van der Waals surface area contributed by atoms with Crippen LogP contribution in [-0.4, -0.2) is 44.3 Å². The number of anilines is 1. The van der Waals surface area contributed by atoms with Crippen LogP contribution in [0.4, 0.5) is 10.1 Å². The van der Waals surface area contributed by atoms with E-state index in [1.165, 1.54) is 65.6 Å². The quantitative estimate of drug-likeness (QED) is 0.293. The molecule has 0 aliphatic heterocycles. The highest BCUT2D eigenvalue weighted by Gasteiger charge is 2.33. The molecule has 0 bridgehead atoms. The van der Waals surface area contributed by atoms with Gasteiger partial charge >= 0.3 is 0 Å². The molecule has 7 nitrogen and oxygen atoms in total. The van der Waals surface area contributed by atoms with Crippen LogP contribution in [0.25, 0.3) is 0 Å². The van der Waals surface area contributed by atoms with Crippen LogP contribution in [-0.2, 0) is 26.2 Å². The largest absolute Gasteiger partial charge is 0.354 e. The van der Waals surface area contributed by atoms with E-state index in [0.717, 1.165) is 4.31 Å². The van der Waals surface area contributed by atoms with E-state index in [-0.39, 0.29) is 34.5 Å². The topological polar surface area (TPSA) is 86.8 Å². The molecule has 3 rings (SSSR count). The van der Waals surface area contributed by atoms with Gasteiger partial charge in [-0.1, -0.05) is 55.2 Å². The molecule has 1 N–H and O–H groups in total. The number of hydrogen-bond acceptors (Lipinski definition) is 4. The minimum absolute atomic E-state index is 0.0262. The van der Waals surface area contributed by atoms with Gasteiger partial charge in [0, 0.05) is 23.1 Å². The average molecular weight is 595 g/mol. The summed E-state index contributed by atoms with van der Waals surface area (Å²) in [4.78, 5) is 28.2. The third-order valence-corrected chi connectivity index (χ3v) is 8.25. The Kier molecular flexibility index (Phi) is 10.7. The van der Waals surface area contributed by atoms with Gasteiger partial charge in [-0.3, -0.25) is 13.9 Å². The number of amides is 2. The molecule has 0 saturated heterocycles. The molecule has 0 aliphatic carbocycles. The Labute approximate surface area is 238 Å². The second kappa shape index (κ2) is 13.8. The highest BCUT2D eigenvalue weighted by molar-refractivity contribution is 7.92. The fourth-order valence-corrected chi connectivity index (χ4v) is 5.68. The fourth-order valence-electron chi connectivity index (χ4n) is 3.97. The van der Waals surface area contributed by atoms with E-state index in [0.29, 0.717) is 23.6 Å². The number of carbonyl (C=O) groups excluding carboxylic acids is 2.